The highest BCUT2D eigenvalue weighted by molar-refractivity contribution is 7.13. The smallest absolute Gasteiger partial charge is 0.307 e. The van der Waals surface area contributed by atoms with Crippen LogP contribution in [0.2, 0.25) is 0 Å². The molecule has 2 rings (SSSR count). The average molecular weight is 241 g/mol. The van der Waals surface area contributed by atoms with E-state index in [4.69, 9.17) is 4.74 Å². The number of hydrogen-bond acceptors (Lipinski definition) is 6. The van der Waals surface area contributed by atoms with Gasteiger partial charge in [0.25, 0.3) is 0 Å². The minimum absolute atomic E-state index is 0.151. The van der Waals surface area contributed by atoms with E-state index in [0.717, 1.165) is 30.9 Å². The van der Waals surface area contributed by atoms with Crippen LogP contribution in [0.1, 0.15) is 25.7 Å². The largest absolute Gasteiger partial charge is 0.469 e. The lowest BCUT2D eigenvalue weighted by Gasteiger charge is -2.34. The van der Waals surface area contributed by atoms with Crippen LogP contribution in [0.15, 0.2) is 5.51 Å². The van der Waals surface area contributed by atoms with E-state index < -0.39 is 0 Å². The highest BCUT2D eigenvalue weighted by Gasteiger charge is 2.26. The monoisotopic (exact) mass is 241 g/mol. The summed E-state index contributed by atoms with van der Waals surface area (Å²) in [6.45, 7) is 0.955. The van der Waals surface area contributed by atoms with E-state index in [1.165, 1.54) is 18.4 Å². The molecule has 6 heteroatoms. The minimum atomic E-state index is -0.151. The number of carbonyl (C=O) groups excluding carboxylic acids is 1. The number of aromatic nitrogens is 2. The molecule has 5 nitrogen and oxygen atoms in total. The second kappa shape index (κ2) is 5.25. The zero-order valence-corrected chi connectivity index (χ0v) is 10.1. The second-order valence-electron chi connectivity index (χ2n) is 3.84. The molecule has 0 bridgehead atoms. The quantitative estimate of drug-likeness (QED) is 0.750. The van der Waals surface area contributed by atoms with Gasteiger partial charge in [0.1, 0.15) is 5.51 Å². The number of hydrogen-bond donors (Lipinski definition) is 0. The first kappa shape index (κ1) is 11.3. The van der Waals surface area contributed by atoms with Gasteiger partial charge in [-0.25, -0.2) is 0 Å². The van der Waals surface area contributed by atoms with E-state index in [0.29, 0.717) is 6.42 Å². The van der Waals surface area contributed by atoms with Crippen molar-refractivity contribution in [2.45, 2.75) is 31.7 Å². The van der Waals surface area contributed by atoms with Gasteiger partial charge in [-0.2, -0.15) is 0 Å². The lowest BCUT2D eigenvalue weighted by Crippen LogP contribution is -2.41. The first-order valence-electron chi connectivity index (χ1n) is 5.41. The summed E-state index contributed by atoms with van der Waals surface area (Å²) >= 11 is 1.52. The van der Waals surface area contributed by atoms with Crippen molar-refractivity contribution in [3.05, 3.63) is 5.51 Å². The van der Waals surface area contributed by atoms with E-state index in [-0.39, 0.29) is 12.0 Å². The Balaban J connectivity index is 2.05. The Morgan fingerprint density at radius 3 is 3.25 bits per heavy atom. The van der Waals surface area contributed by atoms with Crippen molar-refractivity contribution in [1.82, 2.24) is 10.2 Å². The Morgan fingerprint density at radius 1 is 1.69 bits per heavy atom. The zero-order chi connectivity index (χ0) is 11.4. The molecule has 1 aromatic heterocycles. The van der Waals surface area contributed by atoms with Crippen molar-refractivity contribution in [3.8, 4) is 0 Å². The van der Waals surface area contributed by atoms with Crippen molar-refractivity contribution in [2.24, 2.45) is 0 Å². The summed E-state index contributed by atoms with van der Waals surface area (Å²) in [7, 11) is 1.43. The third-order valence-corrected chi connectivity index (χ3v) is 3.58. The molecular formula is C10H15N3O2S. The Kier molecular flexibility index (Phi) is 3.71. The highest BCUT2D eigenvalue weighted by Crippen LogP contribution is 2.27. The molecule has 1 fully saturated rings. The number of piperidine rings is 1. The molecule has 1 unspecified atom stereocenters. The molecule has 1 aromatic rings. The summed E-state index contributed by atoms with van der Waals surface area (Å²) in [4.78, 5) is 13.5. The fraction of sp³-hybridized carbons (Fsp3) is 0.700. The first-order valence-corrected chi connectivity index (χ1v) is 6.29. The van der Waals surface area contributed by atoms with Crippen molar-refractivity contribution >= 4 is 22.4 Å². The number of carbonyl (C=O) groups is 1. The van der Waals surface area contributed by atoms with E-state index >= 15 is 0 Å². The topological polar surface area (TPSA) is 55.3 Å². The predicted octanol–water partition coefficient (Wildman–Crippen LogP) is 1.46. The predicted molar refractivity (Wildman–Crippen MR) is 61.5 cm³/mol. The average Bonchev–Trinajstić information content (AvgIpc) is 2.83. The van der Waals surface area contributed by atoms with Gasteiger partial charge in [0.15, 0.2) is 0 Å². The van der Waals surface area contributed by atoms with Gasteiger partial charge >= 0.3 is 5.97 Å². The molecule has 1 atom stereocenters. The van der Waals surface area contributed by atoms with Gasteiger partial charge in [-0.1, -0.05) is 11.3 Å². The fourth-order valence-corrected chi connectivity index (χ4v) is 2.69. The molecule has 0 aromatic carbocycles. The van der Waals surface area contributed by atoms with Crippen LogP contribution < -0.4 is 4.90 Å². The maximum atomic E-state index is 11.3. The summed E-state index contributed by atoms with van der Waals surface area (Å²) in [5.74, 6) is -0.151. The molecule has 0 spiro atoms. The summed E-state index contributed by atoms with van der Waals surface area (Å²) in [6.07, 6.45) is 3.78. The molecule has 1 aliphatic heterocycles. The van der Waals surface area contributed by atoms with Crippen LogP contribution in [0.3, 0.4) is 0 Å². The van der Waals surface area contributed by atoms with Crippen molar-refractivity contribution in [2.75, 3.05) is 18.6 Å². The van der Waals surface area contributed by atoms with Crippen molar-refractivity contribution < 1.29 is 9.53 Å². The molecule has 0 radical (unpaired) electrons. The molecule has 0 aliphatic carbocycles. The maximum Gasteiger partial charge on any atom is 0.307 e. The maximum absolute atomic E-state index is 11.3. The van der Waals surface area contributed by atoms with Crippen LogP contribution in [-0.4, -0.2) is 35.9 Å². The fourth-order valence-electron chi connectivity index (χ4n) is 2.03. The van der Waals surface area contributed by atoms with Gasteiger partial charge in [-0.05, 0) is 19.3 Å². The Hall–Kier alpha value is -1.17. The number of nitrogens with zero attached hydrogens (tertiary/aromatic N) is 3. The van der Waals surface area contributed by atoms with Gasteiger partial charge in [0.2, 0.25) is 5.13 Å². The number of methoxy groups -OCH3 is 1. The molecule has 0 saturated carbocycles. The Morgan fingerprint density at radius 2 is 2.56 bits per heavy atom. The molecular weight excluding hydrogens is 226 g/mol. The van der Waals surface area contributed by atoms with Crippen molar-refractivity contribution in [1.29, 1.82) is 0 Å². The number of esters is 1. The third kappa shape index (κ3) is 2.49. The molecule has 1 saturated heterocycles. The van der Waals surface area contributed by atoms with Gasteiger partial charge in [0.05, 0.1) is 13.5 Å². The van der Waals surface area contributed by atoms with Crippen LogP contribution in [-0.2, 0) is 9.53 Å². The minimum Gasteiger partial charge on any atom is -0.469 e. The van der Waals surface area contributed by atoms with Crippen LogP contribution >= 0.6 is 11.3 Å². The summed E-state index contributed by atoms with van der Waals surface area (Å²) < 4.78 is 4.72. The molecule has 1 aliphatic rings. The van der Waals surface area contributed by atoms with Gasteiger partial charge in [-0.15, -0.1) is 10.2 Å². The highest BCUT2D eigenvalue weighted by atomic mass is 32.1. The molecule has 2 heterocycles. The van der Waals surface area contributed by atoms with Crippen LogP contribution in [0, 0.1) is 0 Å². The summed E-state index contributed by atoms with van der Waals surface area (Å²) in [6, 6.07) is 0.217. The second-order valence-corrected chi connectivity index (χ2v) is 4.66. The van der Waals surface area contributed by atoms with E-state index in [1.807, 2.05) is 0 Å². The van der Waals surface area contributed by atoms with E-state index in [2.05, 4.69) is 15.1 Å². The van der Waals surface area contributed by atoms with E-state index in [9.17, 15) is 4.79 Å². The van der Waals surface area contributed by atoms with E-state index in [1.54, 1.807) is 5.51 Å². The Labute approximate surface area is 98.4 Å². The number of ether oxygens (including phenoxy) is 1. The van der Waals surface area contributed by atoms with Gasteiger partial charge in [0, 0.05) is 12.6 Å². The molecule has 16 heavy (non-hydrogen) atoms. The van der Waals surface area contributed by atoms with Crippen LogP contribution in [0.4, 0.5) is 5.13 Å². The Bertz CT molecular complexity index is 342. The summed E-state index contributed by atoms with van der Waals surface area (Å²) in [5.41, 5.74) is 1.72. The van der Waals surface area contributed by atoms with Crippen molar-refractivity contribution in [3.63, 3.8) is 0 Å². The molecule has 88 valence electrons. The molecule has 0 amide bonds. The zero-order valence-electron chi connectivity index (χ0n) is 9.26. The van der Waals surface area contributed by atoms with Crippen LogP contribution in [0.25, 0.3) is 0 Å². The van der Waals surface area contributed by atoms with Gasteiger partial charge < -0.3 is 9.64 Å². The SMILES string of the molecule is COC(=O)CC1CCCCN1c1nncs1. The number of anilines is 1. The number of rotatable bonds is 3. The van der Waals surface area contributed by atoms with Crippen LogP contribution in [0.5, 0.6) is 0 Å². The summed E-state index contributed by atoms with van der Waals surface area (Å²) in [5, 5.41) is 8.82. The lowest BCUT2D eigenvalue weighted by atomic mass is 10.0. The normalized spacial score (nSPS) is 20.8. The molecule has 0 N–H and O–H groups in total. The van der Waals surface area contributed by atoms with Gasteiger partial charge in [-0.3, -0.25) is 4.79 Å². The lowest BCUT2D eigenvalue weighted by molar-refractivity contribution is -0.141. The standard InChI is InChI=1S/C10H15N3O2S/c1-15-9(14)6-8-4-2-3-5-13(8)10-12-11-7-16-10/h7-8H,2-6H2,1H3. The third-order valence-electron chi connectivity index (χ3n) is 2.85. The first-order chi connectivity index (χ1) is 7.81.